The molecule has 1 aromatic rings. The minimum atomic E-state index is 0.0363. The van der Waals surface area contributed by atoms with E-state index in [0.29, 0.717) is 6.42 Å². The molecule has 0 saturated heterocycles. The molecular weight excluding hydrogens is 178 g/mol. The number of rotatable bonds is 3. The van der Waals surface area contributed by atoms with Crippen molar-refractivity contribution in [1.29, 1.82) is 0 Å². The Bertz CT molecular complexity index is 325. The molecule has 1 saturated carbocycles. The van der Waals surface area contributed by atoms with Gasteiger partial charge in [0.05, 0.1) is 6.42 Å². The van der Waals surface area contributed by atoms with Crippen LogP contribution in [-0.4, -0.2) is 23.0 Å². The van der Waals surface area contributed by atoms with Gasteiger partial charge in [-0.2, -0.15) is 0 Å². The molecule has 1 aliphatic rings. The van der Waals surface area contributed by atoms with E-state index in [2.05, 4.69) is 10.3 Å². The summed E-state index contributed by atoms with van der Waals surface area (Å²) in [4.78, 5) is 15.3. The van der Waals surface area contributed by atoms with E-state index < -0.39 is 0 Å². The van der Waals surface area contributed by atoms with E-state index in [9.17, 15) is 4.79 Å². The van der Waals surface area contributed by atoms with Crippen LogP contribution in [0, 0.1) is 0 Å². The SMILES string of the molecule is NC1CC1NC(=O)Cc1ccncc1. The molecule has 4 nitrogen and oxygen atoms in total. The summed E-state index contributed by atoms with van der Waals surface area (Å²) in [5.74, 6) is 0.0363. The van der Waals surface area contributed by atoms with Gasteiger partial charge < -0.3 is 11.1 Å². The van der Waals surface area contributed by atoms with Gasteiger partial charge in [-0.15, -0.1) is 0 Å². The van der Waals surface area contributed by atoms with Gasteiger partial charge in [-0.05, 0) is 24.1 Å². The Hall–Kier alpha value is -1.42. The molecule has 1 aromatic heterocycles. The van der Waals surface area contributed by atoms with Gasteiger partial charge in [0.25, 0.3) is 0 Å². The number of pyridine rings is 1. The summed E-state index contributed by atoms with van der Waals surface area (Å²) in [6.07, 6.45) is 4.69. The number of nitrogens with two attached hydrogens (primary N) is 1. The molecule has 4 heteroatoms. The van der Waals surface area contributed by atoms with E-state index in [0.717, 1.165) is 12.0 Å². The Kier molecular flexibility index (Phi) is 2.45. The third kappa shape index (κ3) is 2.29. The summed E-state index contributed by atoms with van der Waals surface area (Å²) in [5.41, 5.74) is 6.56. The molecule has 0 aliphatic heterocycles. The van der Waals surface area contributed by atoms with Crippen molar-refractivity contribution in [3.8, 4) is 0 Å². The quantitative estimate of drug-likeness (QED) is 0.697. The first-order valence-electron chi connectivity index (χ1n) is 4.69. The van der Waals surface area contributed by atoms with Crippen molar-refractivity contribution in [2.45, 2.75) is 24.9 Å². The Morgan fingerprint density at radius 2 is 2.21 bits per heavy atom. The summed E-state index contributed by atoms with van der Waals surface area (Å²) >= 11 is 0. The van der Waals surface area contributed by atoms with Gasteiger partial charge in [0, 0.05) is 24.5 Å². The van der Waals surface area contributed by atoms with Crippen molar-refractivity contribution in [1.82, 2.24) is 10.3 Å². The fourth-order valence-corrected chi connectivity index (χ4v) is 1.32. The number of nitrogens with zero attached hydrogens (tertiary/aromatic N) is 1. The molecule has 14 heavy (non-hydrogen) atoms. The van der Waals surface area contributed by atoms with Gasteiger partial charge in [-0.25, -0.2) is 0 Å². The molecule has 2 rings (SSSR count). The number of carbonyl (C=O) groups excluding carboxylic acids is 1. The summed E-state index contributed by atoms with van der Waals surface area (Å²) < 4.78 is 0. The molecule has 74 valence electrons. The zero-order chi connectivity index (χ0) is 9.97. The van der Waals surface area contributed by atoms with Crippen LogP contribution in [0.15, 0.2) is 24.5 Å². The van der Waals surface area contributed by atoms with E-state index in [1.54, 1.807) is 12.4 Å². The monoisotopic (exact) mass is 191 g/mol. The lowest BCUT2D eigenvalue weighted by Gasteiger charge is -2.02. The van der Waals surface area contributed by atoms with Crippen LogP contribution in [0.3, 0.4) is 0 Å². The topological polar surface area (TPSA) is 68.0 Å². The lowest BCUT2D eigenvalue weighted by molar-refractivity contribution is -0.120. The fraction of sp³-hybridized carbons (Fsp3) is 0.400. The van der Waals surface area contributed by atoms with Crippen molar-refractivity contribution < 1.29 is 4.79 Å². The predicted octanol–water partition coefficient (Wildman–Crippen LogP) is -0.160. The van der Waals surface area contributed by atoms with E-state index in [1.807, 2.05) is 12.1 Å². The first-order valence-corrected chi connectivity index (χ1v) is 4.69. The summed E-state index contributed by atoms with van der Waals surface area (Å²) in [5, 5.41) is 2.87. The Balaban J connectivity index is 1.83. The normalized spacial score (nSPS) is 24.4. The molecule has 2 atom stereocenters. The summed E-state index contributed by atoms with van der Waals surface area (Å²) in [6.45, 7) is 0. The number of aromatic nitrogens is 1. The lowest BCUT2D eigenvalue weighted by atomic mass is 10.2. The van der Waals surface area contributed by atoms with Crippen molar-refractivity contribution >= 4 is 5.91 Å². The molecule has 0 aromatic carbocycles. The lowest BCUT2D eigenvalue weighted by Crippen LogP contribution is -2.30. The van der Waals surface area contributed by atoms with Gasteiger partial charge in [0.15, 0.2) is 0 Å². The van der Waals surface area contributed by atoms with Crippen LogP contribution in [0.4, 0.5) is 0 Å². The van der Waals surface area contributed by atoms with Crippen molar-refractivity contribution in [3.63, 3.8) is 0 Å². The Morgan fingerprint density at radius 3 is 2.79 bits per heavy atom. The molecule has 2 unspecified atom stereocenters. The number of hydrogen-bond donors (Lipinski definition) is 2. The van der Waals surface area contributed by atoms with Gasteiger partial charge >= 0.3 is 0 Å². The first-order chi connectivity index (χ1) is 6.75. The zero-order valence-electron chi connectivity index (χ0n) is 7.81. The highest BCUT2D eigenvalue weighted by Crippen LogP contribution is 2.17. The van der Waals surface area contributed by atoms with Crippen molar-refractivity contribution in [2.24, 2.45) is 5.73 Å². The van der Waals surface area contributed by atoms with Crippen molar-refractivity contribution in [3.05, 3.63) is 30.1 Å². The third-order valence-corrected chi connectivity index (χ3v) is 2.30. The molecule has 3 N–H and O–H groups in total. The van der Waals surface area contributed by atoms with Crippen LogP contribution >= 0.6 is 0 Å². The van der Waals surface area contributed by atoms with Crippen LogP contribution in [0.25, 0.3) is 0 Å². The highest BCUT2D eigenvalue weighted by molar-refractivity contribution is 5.79. The number of nitrogens with one attached hydrogen (secondary N) is 1. The Labute approximate surface area is 82.5 Å². The van der Waals surface area contributed by atoms with E-state index >= 15 is 0 Å². The van der Waals surface area contributed by atoms with Gasteiger partial charge in [-0.3, -0.25) is 9.78 Å². The maximum atomic E-state index is 11.4. The highest BCUT2D eigenvalue weighted by Gasteiger charge is 2.34. The second-order valence-corrected chi connectivity index (χ2v) is 3.61. The van der Waals surface area contributed by atoms with Crippen LogP contribution in [-0.2, 0) is 11.2 Å². The van der Waals surface area contributed by atoms with Crippen LogP contribution < -0.4 is 11.1 Å². The largest absolute Gasteiger partial charge is 0.351 e. The van der Waals surface area contributed by atoms with Crippen molar-refractivity contribution in [2.75, 3.05) is 0 Å². The molecule has 1 fully saturated rings. The van der Waals surface area contributed by atoms with Crippen LogP contribution in [0.5, 0.6) is 0 Å². The van der Waals surface area contributed by atoms with Gasteiger partial charge in [0.1, 0.15) is 0 Å². The molecule has 0 radical (unpaired) electrons. The third-order valence-electron chi connectivity index (χ3n) is 2.30. The minimum absolute atomic E-state index is 0.0363. The second-order valence-electron chi connectivity index (χ2n) is 3.61. The number of amides is 1. The summed E-state index contributed by atoms with van der Waals surface area (Å²) in [6, 6.07) is 4.04. The number of hydrogen-bond acceptors (Lipinski definition) is 3. The number of carbonyl (C=O) groups is 1. The molecule has 0 spiro atoms. The van der Waals surface area contributed by atoms with E-state index in [-0.39, 0.29) is 18.0 Å². The zero-order valence-corrected chi connectivity index (χ0v) is 7.81. The maximum absolute atomic E-state index is 11.4. The van der Waals surface area contributed by atoms with E-state index in [4.69, 9.17) is 5.73 Å². The molecule has 1 aliphatic carbocycles. The average molecular weight is 191 g/mol. The highest BCUT2D eigenvalue weighted by atomic mass is 16.1. The molecule has 1 heterocycles. The van der Waals surface area contributed by atoms with Crippen LogP contribution in [0.2, 0.25) is 0 Å². The molecule has 1 amide bonds. The first kappa shape index (κ1) is 9.15. The maximum Gasteiger partial charge on any atom is 0.224 e. The standard InChI is InChI=1S/C10H13N3O/c11-8-6-9(8)13-10(14)5-7-1-3-12-4-2-7/h1-4,8-9H,5-6,11H2,(H,13,14). The minimum Gasteiger partial charge on any atom is -0.351 e. The summed E-state index contributed by atoms with van der Waals surface area (Å²) in [7, 11) is 0. The molecular formula is C10H13N3O. The average Bonchev–Trinajstić information content (AvgIpc) is 2.83. The smallest absolute Gasteiger partial charge is 0.224 e. The van der Waals surface area contributed by atoms with Gasteiger partial charge in [0.2, 0.25) is 5.91 Å². The molecule has 0 bridgehead atoms. The van der Waals surface area contributed by atoms with E-state index in [1.165, 1.54) is 0 Å². The van der Waals surface area contributed by atoms with Gasteiger partial charge in [-0.1, -0.05) is 0 Å². The second kappa shape index (κ2) is 3.75. The predicted molar refractivity (Wildman–Crippen MR) is 52.5 cm³/mol. The van der Waals surface area contributed by atoms with Crippen LogP contribution in [0.1, 0.15) is 12.0 Å². The Morgan fingerprint density at radius 1 is 1.57 bits per heavy atom. The fourth-order valence-electron chi connectivity index (χ4n) is 1.32.